The molecule has 1 N–H and O–H groups in total. The summed E-state index contributed by atoms with van der Waals surface area (Å²) in [6.45, 7) is 7.82. The van der Waals surface area contributed by atoms with Gasteiger partial charge in [-0.3, -0.25) is 9.69 Å². The van der Waals surface area contributed by atoms with E-state index in [0.29, 0.717) is 37.6 Å². The number of phenolic OH excluding ortho intramolecular Hbond substituents is 1. The number of anilines is 1. The lowest BCUT2D eigenvalue weighted by molar-refractivity contribution is -0.136. The van der Waals surface area contributed by atoms with Gasteiger partial charge in [0.25, 0.3) is 0 Å². The normalized spacial score (nSPS) is 15.2. The van der Waals surface area contributed by atoms with Crippen LogP contribution in [0.4, 0.5) is 10.5 Å². The van der Waals surface area contributed by atoms with Crippen molar-refractivity contribution >= 4 is 29.3 Å². The van der Waals surface area contributed by atoms with Crippen LogP contribution in [0.25, 0.3) is 0 Å². The van der Waals surface area contributed by atoms with Crippen molar-refractivity contribution in [3.8, 4) is 5.75 Å². The van der Waals surface area contributed by atoms with Gasteiger partial charge in [-0.2, -0.15) is 0 Å². The SMILES string of the molecule is CN(C(=O)OC(C)(C)C)[C@@H](Cc1ccc(O)cc1)C(=O)N1CCN(c2cccc(Cl)c2)CC1. The predicted octanol–water partition coefficient (Wildman–Crippen LogP) is 4.17. The van der Waals surface area contributed by atoms with Crippen molar-refractivity contribution in [1.29, 1.82) is 0 Å². The number of hydrogen-bond donors (Lipinski definition) is 1. The van der Waals surface area contributed by atoms with Gasteiger partial charge in [-0.15, -0.1) is 0 Å². The van der Waals surface area contributed by atoms with Crippen LogP contribution in [-0.4, -0.2) is 71.8 Å². The zero-order valence-electron chi connectivity index (χ0n) is 19.6. The van der Waals surface area contributed by atoms with Crippen LogP contribution in [0.1, 0.15) is 26.3 Å². The van der Waals surface area contributed by atoms with E-state index in [0.717, 1.165) is 11.3 Å². The quantitative estimate of drug-likeness (QED) is 0.705. The Hall–Kier alpha value is -2.93. The van der Waals surface area contributed by atoms with E-state index in [-0.39, 0.29) is 11.7 Å². The number of nitrogens with zero attached hydrogens (tertiary/aromatic N) is 3. The van der Waals surface area contributed by atoms with Crippen LogP contribution >= 0.6 is 11.6 Å². The molecule has 1 aliphatic heterocycles. The fourth-order valence-corrected chi connectivity index (χ4v) is 3.96. The highest BCUT2D eigenvalue weighted by atomic mass is 35.5. The molecule has 0 aromatic heterocycles. The fraction of sp³-hybridized carbons (Fsp3) is 0.440. The summed E-state index contributed by atoms with van der Waals surface area (Å²) < 4.78 is 5.52. The number of carbonyl (C=O) groups excluding carboxylic acids is 2. The van der Waals surface area contributed by atoms with Gasteiger partial charge >= 0.3 is 6.09 Å². The summed E-state index contributed by atoms with van der Waals surface area (Å²) in [4.78, 5) is 31.7. The molecule has 7 nitrogen and oxygen atoms in total. The number of carbonyl (C=O) groups is 2. The fourth-order valence-electron chi connectivity index (χ4n) is 3.77. The Morgan fingerprint density at radius 3 is 2.30 bits per heavy atom. The highest BCUT2D eigenvalue weighted by Crippen LogP contribution is 2.22. The largest absolute Gasteiger partial charge is 0.508 e. The van der Waals surface area contributed by atoms with Crippen LogP contribution in [0.5, 0.6) is 5.75 Å². The minimum Gasteiger partial charge on any atom is -0.508 e. The number of aromatic hydroxyl groups is 1. The van der Waals surface area contributed by atoms with Gasteiger partial charge in [-0.1, -0.05) is 29.8 Å². The number of hydrogen-bond acceptors (Lipinski definition) is 5. The average molecular weight is 474 g/mol. The first-order valence-electron chi connectivity index (χ1n) is 11.1. The second-order valence-electron chi connectivity index (χ2n) is 9.27. The van der Waals surface area contributed by atoms with Gasteiger partial charge in [0.05, 0.1) is 0 Å². The molecule has 2 amide bonds. The highest BCUT2D eigenvalue weighted by Gasteiger charge is 2.34. The van der Waals surface area contributed by atoms with Crippen LogP contribution < -0.4 is 4.90 Å². The van der Waals surface area contributed by atoms with Gasteiger partial charge in [0.15, 0.2) is 0 Å². The molecule has 33 heavy (non-hydrogen) atoms. The van der Waals surface area contributed by atoms with Crippen LogP contribution in [0.2, 0.25) is 5.02 Å². The molecule has 0 spiro atoms. The molecule has 1 aliphatic rings. The summed E-state index contributed by atoms with van der Waals surface area (Å²) in [5.74, 6) is 0.0291. The molecule has 2 aromatic carbocycles. The van der Waals surface area contributed by atoms with Crippen molar-refractivity contribution in [3.05, 3.63) is 59.1 Å². The van der Waals surface area contributed by atoms with Crippen LogP contribution in [-0.2, 0) is 16.0 Å². The number of phenols is 1. The van der Waals surface area contributed by atoms with Gasteiger partial charge in [-0.05, 0) is 56.7 Å². The Labute approximate surface area is 200 Å². The third-order valence-corrected chi connectivity index (χ3v) is 5.80. The van der Waals surface area contributed by atoms with E-state index >= 15 is 0 Å². The lowest BCUT2D eigenvalue weighted by Gasteiger charge is -2.39. The van der Waals surface area contributed by atoms with E-state index in [1.54, 1.807) is 57.0 Å². The first-order chi connectivity index (χ1) is 15.5. The Balaban J connectivity index is 1.74. The van der Waals surface area contributed by atoms with Gasteiger partial charge < -0.3 is 19.6 Å². The molecule has 8 heteroatoms. The highest BCUT2D eigenvalue weighted by molar-refractivity contribution is 6.30. The number of rotatable bonds is 5. The van der Waals surface area contributed by atoms with E-state index in [1.807, 2.05) is 24.3 Å². The summed E-state index contributed by atoms with van der Waals surface area (Å²) in [5.41, 5.74) is 1.21. The van der Waals surface area contributed by atoms with Crippen molar-refractivity contribution in [3.63, 3.8) is 0 Å². The zero-order chi connectivity index (χ0) is 24.2. The van der Waals surface area contributed by atoms with Gasteiger partial charge in [0, 0.05) is 50.4 Å². The molecule has 178 valence electrons. The maximum Gasteiger partial charge on any atom is 0.410 e. The molecule has 2 aromatic rings. The summed E-state index contributed by atoms with van der Waals surface area (Å²) in [6, 6.07) is 13.6. The Kier molecular flexibility index (Phi) is 7.74. The van der Waals surface area contributed by atoms with Crippen molar-refractivity contribution in [2.45, 2.75) is 38.8 Å². The third-order valence-electron chi connectivity index (χ3n) is 5.56. The van der Waals surface area contributed by atoms with E-state index in [4.69, 9.17) is 16.3 Å². The average Bonchev–Trinajstić information content (AvgIpc) is 2.77. The number of likely N-dealkylation sites (N-methyl/N-ethyl adjacent to an activating group) is 1. The molecule has 1 heterocycles. The minimum atomic E-state index is -0.720. The Morgan fingerprint density at radius 2 is 1.73 bits per heavy atom. The van der Waals surface area contributed by atoms with Gasteiger partial charge in [0.2, 0.25) is 5.91 Å². The van der Waals surface area contributed by atoms with Crippen molar-refractivity contribution < 1.29 is 19.4 Å². The third kappa shape index (κ3) is 6.78. The molecular formula is C25H32ClN3O4. The predicted molar refractivity (Wildman–Crippen MR) is 130 cm³/mol. The number of piperazine rings is 1. The standard InChI is InChI=1S/C25H32ClN3O4/c1-25(2,3)33-24(32)27(4)22(16-18-8-10-21(30)11-9-18)23(31)29-14-12-28(13-15-29)20-7-5-6-19(26)17-20/h5-11,17,22,30H,12-16H2,1-4H3/t22-/m0/s1. The van der Waals surface area contributed by atoms with Gasteiger partial charge in [0.1, 0.15) is 17.4 Å². The first-order valence-corrected chi connectivity index (χ1v) is 11.4. The molecule has 3 rings (SSSR count). The maximum absolute atomic E-state index is 13.6. The van der Waals surface area contributed by atoms with E-state index in [9.17, 15) is 14.7 Å². The molecule has 1 atom stereocenters. The van der Waals surface area contributed by atoms with Crippen LogP contribution in [0.15, 0.2) is 48.5 Å². The molecule has 0 aliphatic carbocycles. The van der Waals surface area contributed by atoms with Crippen molar-refractivity contribution in [2.24, 2.45) is 0 Å². The summed E-state index contributed by atoms with van der Waals surface area (Å²) in [5, 5.41) is 10.3. The molecule has 0 unspecified atom stereocenters. The summed E-state index contributed by atoms with van der Waals surface area (Å²) in [6.07, 6.45) is -0.221. The smallest absolute Gasteiger partial charge is 0.410 e. The molecule has 0 radical (unpaired) electrons. The molecule has 0 saturated carbocycles. The maximum atomic E-state index is 13.6. The van der Waals surface area contributed by atoms with Crippen molar-refractivity contribution in [2.75, 3.05) is 38.1 Å². The van der Waals surface area contributed by atoms with E-state index in [1.165, 1.54) is 4.90 Å². The monoisotopic (exact) mass is 473 g/mol. The molecule has 0 bridgehead atoms. The lowest BCUT2D eigenvalue weighted by atomic mass is 10.0. The Bertz CT molecular complexity index is 966. The second-order valence-corrected chi connectivity index (χ2v) is 9.71. The first kappa shape index (κ1) is 24.7. The number of benzene rings is 2. The number of ether oxygens (including phenoxy) is 1. The second kappa shape index (κ2) is 10.3. The number of halogens is 1. The van der Waals surface area contributed by atoms with Crippen LogP contribution in [0.3, 0.4) is 0 Å². The summed E-state index contributed by atoms with van der Waals surface area (Å²) >= 11 is 6.13. The minimum absolute atomic E-state index is 0.123. The number of amides is 2. The topological polar surface area (TPSA) is 73.3 Å². The van der Waals surface area contributed by atoms with Gasteiger partial charge in [-0.25, -0.2) is 4.79 Å². The van der Waals surface area contributed by atoms with E-state index in [2.05, 4.69) is 4.90 Å². The molecule has 1 fully saturated rings. The summed E-state index contributed by atoms with van der Waals surface area (Å²) in [7, 11) is 1.60. The molecular weight excluding hydrogens is 442 g/mol. The lowest BCUT2D eigenvalue weighted by Crippen LogP contribution is -2.56. The zero-order valence-corrected chi connectivity index (χ0v) is 20.4. The van der Waals surface area contributed by atoms with Crippen LogP contribution in [0, 0.1) is 0 Å². The Morgan fingerprint density at radius 1 is 1.09 bits per heavy atom. The van der Waals surface area contributed by atoms with Crippen molar-refractivity contribution in [1.82, 2.24) is 9.80 Å². The molecule has 1 saturated heterocycles. The van der Waals surface area contributed by atoms with E-state index < -0.39 is 17.7 Å².